The standard InChI is InChI=1S/C12H15N3OS/c1-2-13-8-12-15-14-11(17-12)7-9-4-3-5-10(16)6-9/h3-6,13,16H,2,7-8H2,1H3. The molecule has 0 aliphatic carbocycles. The maximum absolute atomic E-state index is 9.37. The van der Waals surface area contributed by atoms with Gasteiger partial charge in [0.1, 0.15) is 15.8 Å². The van der Waals surface area contributed by atoms with Gasteiger partial charge in [-0.05, 0) is 24.2 Å². The van der Waals surface area contributed by atoms with Crippen molar-refractivity contribution < 1.29 is 5.11 Å². The van der Waals surface area contributed by atoms with Crippen LogP contribution in [0.4, 0.5) is 0 Å². The highest BCUT2D eigenvalue weighted by molar-refractivity contribution is 7.11. The van der Waals surface area contributed by atoms with E-state index < -0.39 is 0 Å². The molecule has 17 heavy (non-hydrogen) atoms. The van der Waals surface area contributed by atoms with E-state index in [2.05, 4.69) is 22.4 Å². The average molecular weight is 249 g/mol. The van der Waals surface area contributed by atoms with Crippen molar-refractivity contribution in [2.24, 2.45) is 0 Å². The molecule has 0 saturated carbocycles. The first kappa shape index (κ1) is 12.0. The number of nitrogens with zero attached hydrogens (tertiary/aromatic N) is 2. The highest BCUT2D eigenvalue weighted by atomic mass is 32.1. The predicted octanol–water partition coefficient (Wildman–Crippen LogP) is 1.94. The van der Waals surface area contributed by atoms with Crippen LogP contribution in [-0.4, -0.2) is 21.8 Å². The highest BCUT2D eigenvalue weighted by Gasteiger charge is 2.05. The summed E-state index contributed by atoms with van der Waals surface area (Å²) in [6, 6.07) is 7.24. The Hall–Kier alpha value is -1.46. The van der Waals surface area contributed by atoms with Gasteiger partial charge in [-0.15, -0.1) is 10.2 Å². The van der Waals surface area contributed by atoms with Crippen molar-refractivity contribution in [2.45, 2.75) is 19.9 Å². The molecule has 0 saturated heterocycles. The number of phenols is 1. The fourth-order valence-electron chi connectivity index (χ4n) is 1.50. The lowest BCUT2D eigenvalue weighted by molar-refractivity contribution is 0.474. The van der Waals surface area contributed by atoms with E-state index in [1.807, 2.05) is 12.1 Å². The van der Waals surface area contributed by atoms with Gasteiger partial charge in [-0.25, -0.2) is 0 Å². The maximum atomic E-state index is 9.37. The van der Waals surface area contributed by atoms with Crippen molar-refractivity contribution in [1.82, 2.24) is 15.5 Å². The third-order valence-corrected chi connectivity index (χ3v) is 3.22. The second kappa shape index (κ2) is 5.75. The number of hydrogen-bond acceptors (Lipinski definition) is 5. The van der Waals surface area contributed by atoms with Gasteiger partial charge < -0.3 is 10.4 Å². The Kier molecular flexibility index (Phi) is 4.06. The highest BCUT2D eigenvalue weighted by Crippen LogP contribution is 2.17. The van der Waals surface area contributed by atoms with Gasteiger partial charge in [0.15, 0.2) is 0 Å². The molecular formula is C12H15N3OS. The molecule has 0 atom stereocenters. The van der Waals surface area contributed by atoms with Crippen LogP contribution in [0.3, 0.4) is 0 Å². The van der Waals surface area contributed by atoms with Gasteiger partial charge in [-0.2, -0.15) is 0 Å². The fourth-order valence-corrected chi connectivity index (χ4v) is 2.35. The molecule has 0 radical (unpaired) electrons. The average Bonchev–Trinajstić information content (AvgIpc) is 2.74. The lowest BCUT2D eigenvalue weighted by Crippen LogP contribution is -2.11. The summed E-state index contributed by atoms with van der Waals surface area (Å²) in [5.74, 6) is 0.292. The molecule has 2 rings (SSSR count). The quantitative estimate of drug-likeness (QED) is 0.850. The molecule has 0 bridgehead atoms. The lowest BCUT2D eigenvalue weighted by atomic mass is 10.1. The number of benzene rings is 1. The zero-order valence-electron chi connectivity index (χ0n) is 9.68. The Balaban J connectivity index is 2.01. The lowest BCUT2D eigenvalue weighted by Gasteiger charge is -1.97. The monoisotopic (exact) mass is 249 g/mol. The smallest absolute Gasteiger partial charge is 0.131 e. The number of rotatable bonds is 5. The topological polar surface area (TPSA) is 58.0 Å². The minimum Gasteiger partial charge on any atom is -0.508 e. The van der Waals surface area contributed by atoms with Crippen molar-refractivity contribution in [3.8, 4) is 5.75 Å². The van der Waals surface area contributed by atoms with E-state index in [4.69, 9.17) is 0 Å². The summed E-state index contributed by atoms with van der Waals surface area (Å²) in [4.78, 5) is 0. The molecule has 1 heterocycles. The summed E-state index contributed by atoms with van der Waals surface area (Å²) >= 11 is 1.61. The number of phenolic OH excluding ortho intramolecular Hbond substituents is 1. The third kappa shape index (κ3) is 3.51. The van der Waals surface area contributed by atoms with Crippen LogP contribution in [0.25, 0.3) is 0 Å². The normalized spacial score (nSPS) is 10.6. The SMILES string of the molecule is CCNCc1nnc(Cc2cccc(O)c2)s1. The molecule has 0 aliphatic heterocycles. The van der Waals surface area contributed by atoms with Gasteiger partial charge >= 0.3 is 0 Å². The minimum absolute atomic E-state index is 0.292. The molecular weight excluding hydrogens is 234 g/mol. The van der Waals surface area contributed by atoms with E-state index in [0.717, 1.165) is 35.1 Å². The maximum Gasteiger partial charge on any atom is 0.131 e. The zero-order chi connectivity index (χ0) is 12.1. The Morgan fingerprint density at radius 3 is 2.88 bits per heavy atom. The van der Waals surface area contributed by atoms with Gasteiger partial charge in [0, 0.05) is 13.0 Å². The summed E-state index contributed by atoms with van der Waals surface area (Å²) in [6.07, 6.45) is 0.720. The summed E-state index contributed by atoms with van der Waals surface area (Å²) in [5, 5.41) is 22.8. The molecule has 0 fully saturated rings. The van der Waals surface area contributed by atoms with E-state index in [1.54, 1.807) is 23.5 Å². The van der Waals surface area contributed by atoms with Crippen molar-refractivity contribution in [3.05, 3.63) is 39.8 Å². The molecule has 5 heteroatoms. The second-order valence-corrected chi connectivity index (χ2v) is 4.86. The minimum atomic E-state index is 0.292. The molecule has 0 spiro atoms. The van der Waals surface area contributed by atoms with Crippen LogP contribution < -0.4 is 5.32 Å². The van der Waals surface area contributed by atoms with Crippen LogP contribution in [0.5, 0.6) is 5.75 Å². The van der Waals surface area contributed by atoms with Gasteiger partial charge in [-0.3, -0.25) is 0 Å². The van der Waals surface area contributed by atoms with E-state index in [1.165, 1.54) is 0 Å². The molecule has 4 nitrogen and oxygen atoms in total. The van der Waals surface area contributed by atoms with E-state index in [-0.39, 0.29) is 0 Å². The van der Waals surface area contributed by atoms with Crippen molar-refractivity contribution >= 4 is 11.3 Å². The molecule has 2 aromatic rings. The first-order chi connectivity index (χ1) is 8.28. The molecule has 0 unspecified atom stereocenters. The number of aromatic hydroxyl groups is 1. The van der Waals surface area contributed by atoms with Gasteiger partial charge in [-0.1, -0.05) is 30.4 Å². The first-order valence-electron chi connectivity index (χ1n) is 5.58. The van der Waals surface area contributed by atoms with E-state index >= 15 is 0 Å². The number of aromatic nitrogens is 2. The third-order valence-electron chi connectivity index (χ3n) is 2.30. The van der Waals surface area contributed by atoms with E-state index in [0.29, 0.717) is 5.75 Å². The van der Waals surface area contributed by atoms with Crippen LogP contribution in [0.2, 0.25) is 0 Å². The fraction of sp³-hybridized carbons (Fsp3) is 0.333. The number of nitrogens with one attached hydrogen (secondary N) is 1. The van der Waals surface area contributed by atoms with Crippen LogP contribution >= 0.6 is 11.3 Å². The molecule has 90 valence electrons. The molecule has 0 amide bonds. The van der Waals surface area contributed by atoms with E-state index in [9.17, 15) is 5.11 Å². The molecule has 1 aromatic heterocycles. The van der Waals surface area contributed by atoms with Crippen LogP contribution in [0.1, 0.15) is 22.5 Å². The summed E-state index contributed by atoms with van der Waals surface area (Å²) in [5.41, 5.74) is 1.05. The van der Waals surface area contributed by atoms with Crippen molar-refractivity contribution in [2.75, 3.05) is 6.54 Å². The van der Waals surface area contributed by atoms with Crippen molar-refractivity contribution in [3.63, 3.8) is 0 Å². The Bertz CT molecular complexity index is 484. The Labute approximate surface area is 104 Å². The Morgan fingerprint density at radius 2 is 2.12 bits per heavy atom. The molecule has 1 aromatic carbocycles. The molecule has 2 N–H and O–H groups in total. The van der Waals surface area contributed by atoms with Gasteiger partial charge in [0.2, 0.25) is 0 Å². The summed E-state index contributed by atoms with van der Waals surface area (Å²) in [6.45, 7) is 3.77. The summed E-state index contributed by atoms with van der Waals surface area (Å²) in [7, 11) is 0. The Morgan fingerprint density at radius 1 is 1.29 bits per heavy atom. The number of hydrogen-bond donors (Lipinski definition) is 2. The van der Waals surface area contributed by atoms with Gasteiger partial charge in [0.25, 0.3) is 0 Å². The van der Waals surface area contributed by atoms with Crippen molar-refractivity contribution in [1.29, 1.82) is 0 Å². The van der Waals surface area contributed by atoms with Crippen LogP contribution in [-0.2, 0) is 13.0 Å². The molecule has 0 aliphatic rings. The predicted molar refractivity (Wildman–Crippen MR) is 68.2 cm³/mol. The zero-order valence-corrected chi connectivity index (χ0v) is 10.5. The second-order valence-electron chi connectivity index (χ2n) is 3.72. The van der Waals surface area contributed by atoms with Crippen LogP contribution in [0, 0.1) is 0 Å². The van der Waals surface area contributed by atoms with Gasteiger partial charge in [0.05, 0.1) is 0 Å². The first-order valence-corrected chi connectivity index (χ1v) is 6.39. The van der Waals surface area contributed by atoms with Crippen LogP contribution in [0.15, 0.2) is 24.3 Å². The largest absolute Gasteiger partial charge is 0.508 e. The summed E-state index contributed by atoms with van der Waals surface area (Å²) < 4.78 is 0.